The fourth-order valence-corrected chi connectivity index (χ4v) is 2.72. The second-order valence-electron chi connectivity index (χ2n) is 4.97. The lowest BCUT2D eigenvalue weighted by Crippen LogP contribution is -2.47. The van der Waals surface area contributed by atoms with Gasteiger partial charge in [0, 0.05) is 12.6 Å². The molecule has 90 valence electrons. The van der Waals surface area contributed by atoms with Gasteiger partial charge in [-0.15, -0.1) is 0 Å². The summed E-state index contributed by atoms with van der Waals surface area (Å²) in [5.41, 5.74) is 6.38. The maximum absolute atomic E-state index is 6.38. The molecule has 0 aromatic carbocycles. The molecular formula is C12H27N3. The first-order chi connectivity index (χ1) is 7.19. The number of nitrogens with two attached hydrogens (primary N) is 1. The molecule has 1 saturated heterocycles. The number of nitrogens with zero attached hydrogens (tertiary/aromatic N) is 1. The molecule has 1 fully saturated rings. The summed E-state index contributed by atoms with van der Waals surface area (Å²) < 4.78 is 0. The summed E-state index contributed by atoms with van der Waals surface area (Å²) in [6, 6.07) is 0.366. The van der Waals surface area contributed by atoms with Crippen molar-refractivity contribution in [2.45, 2.75) is 32.2 Å². The van der Waals surface area contributed by atoms with Gasteiger partial charge >= 0.3 is 0 Å². The molecule has 1 aliphatic rings. The van der Waals surface area contributed by atoms with Gasteiger partial charge in [0.15, 0.2) is 0 Å². The van der Waals surface area contributed by atoms with Crippen LogP contribution in [0.4, 0.5) is 0 Å². The summed E-state index contributed by atoms with van der Waals surface area (Å²) in [5.74, 6) is 1.33. The van der Waals surface area contributed by atoms with Crippen molar-refractivity contribution in [3.63, 3.8) is 0 Å². The van der Waals surface area contributed by atoms with Gasteiger partial charge < -0.3 is 16.0 Å². The number of likely N-dealkylation sites (tertiary alicyclic amines) is 1. The maximum Gasteiger partial charge on any atom is 0.0120 e. The van der Waals surface area contributed by atoms with Crippen LogP contribution in [0.15, 0.2) is 0 Å². The van der Waals surface area contributed by atoms with Crippen LogP contribution < -0.4 is 11.1 Å². The molecule has 3 unspecified atom stereocenters. The smallest absolute Gasteiger partial charge is 0.0120 e. The van der Waals surface area contributed by atoms with Crippen LogP contribution in [0.1, 0.15) is 26.2 Å². The molecule has 1 rings (SSSR count). The monoisotopic (exact) mass is 213 g/mol. The second kappa shape index (κ2) is 6.46. The van der Waals surface area contributed by atoms with E-state index < -0.39 is 0 Å². The number of rotatable bonds is 5. The van der Waals surface area contributed by atoms with E-state index in [1.54, 1.807) is 0 Å². The van der Waals surface area contributed by atoms with E-state index in [4.69, 9.17) is 5.73 Å². The molecule has 0 bridgehead atoms. The van der Waals surface area contributed by atoms with Gasteiger partial charge in [0.05, 0.1) is 0 Å². The van der Waals surface area contributed by atoms with E-state index >= 15 is 0 Å². The van der Waals surface area contributed by atoms with Crippen LogP contribution >= 0.6 is 0 Å². The molecule has 3 N–H and O–H groups in total. The molecule has 0 aromatic rings. The lowest BCUT2D eigenvalue weighted by atomic mass is 9.82. The van der Waals surface area contributed by atoms with Gasteiger partial charge in [-0.3, -0.25) is 0 Å². The van der Waals surface area contributed by atoms with Crippen molar-refractivity contribution in [2.75, 3.05) is 33.7 Å². The normalized spacial score (nSPS) is 27.6. The van der Waals surface area contributed by atoms with Gasteiger partial charge in [-0.05, 0) is 51.9 Å². The van der Waals surface area contributed by atoms with E-state index in [1.807, 2.05) is 7.05 Å². The summed E-state index contributed by atoms with van der Waals surface area (Å²) in [6.07, 6.45) is 3.80. The fraction of sp³-hybridized carbons (Fsp3) is 1.00. The minimum Gasteiger partial charge on any atom is -0.327 e. The Bertz CT molecular complexity index is 172. The van der Waals surface area contributed by atoms with Gasteiger partial charge in [-0.1, -0.05) is 13.3 Å². The Morgan fingerprint density at radius 1 is 1.53 bits per heavy atom. The van der Waals surface area contributed by atoms with E-state index in [0.29, 0.717) is 17.9 Å². The van der Waals surface area contributed by atoms with Crippen LogP contribution in [-0.2, 0) is 0 Å². The molecule has 3 nitrogen and oxygen atoms in total. The molecule has 0 aromatic heterocycles. The number of piperidine rings is 1. The van der Waals surface area contributed by atoms with Crippen LogP contribution in [0.25, 0.3) is 0 Å². The van der Waals surface area contributed by atoms with Crippen molar-refractivity contribution in [3.05, 3.63) is 0 Å². The average Bonchev–Trinajstić information content (AvgIpc) is 2.25. The standard InChI is InChI=1S/C12H27N3/c1-4-10(8-14-2)12(13)11-6-5-7-15(3)9-11/h10-12,14H,4-9,13H2,1-3H3. The first kappa shape index (κ1) is 12.9. The lowest BCUT2D eigenvalue weighted by molar-refractivity contribution is 0.160. The zero-order valence-electron chi connectivity index (χ0n) is 10.5. The largest absolute Gasteiger partial charge is 0.327 e. The molecule has 0 spiro atoms. The molecule has 0 saturated carbocycles. The summed E-state index contributed by atoms with van der Waals surface area (Å²) in [6.45, 7) is 5.72. The third-order valence-corrected chi connectivity index (χ3v) is 3.74. The Morgan fingerprint density at radius 2 is 2.27 bits per heavy atom. The number of hydrogen-bond acceptors (Lipinski definition) is 3. The van der Waals surface area contributed by atoms with E-state index in [9.17, 15) is 0 Å². The predicted octanol–water partition coefficient (Wildman–Crippen LogP) is 0.901. The molecule has 0 radical (unpaired) electrons. The number of hydrogen-bond donors (Lipinski definition) is 2. The first-order valence-electron chi connectivity index (χ1n) is 6.27. The van der Waals surface area contributed by atoms with Gasteiger partial charge in [0.2, 0.25) is 0 Å². The van der Waals surface area contributed by atoms with Crippen molar-refractivity contribution in [3.8, 4) is 0 Å². The average molecular weight is 213 g/mol. The van der Waals surface area contributed by atoms with Crippen molar-refractivity contribution in [1.29, 1.82) is 0 Å². The van der Waals surface area contributed by atoms with Gasteiger partial charge in [-0.25, -0.2) is 0 Å². The van der Waals surface area contributed by atoms with E-state index in [2.05, 4.69) is 24.2 Å². The Morgan fingerprint density at radius 3 is 2.80 bits per heavy atom. The van der Waals surface area contributed by atoms with Crippen molar-refractivity contribution >= 4 is 0 Å². The zero-order valence-corrected chi connectivity index (χ0v) is 10.5. The highest BCUT2D eigenvalue weighted by Crippen LogP contribution is 2.23. The van der Waals surface area contributed by atoms with E-state index in [-0.39, 0.29) is 0 Å². The topological polar surface area (TPSA) is 41.3 Å². The van der Waals surface area contributed by atoms with Gasteiger partial charge in [-0.2, -0.15) is 0 Å². The highest BCUT2D eigenvalue weighted by molar-refractivity contribution is 4.84. The predicted molar refractivity (Wildman–Crippen MR) is 65.9 cm³/mol. The molecule has 0 aliphatic carbocycles. The van der Waals surface area contributed by atoms with E-state index in [1.165, 1.54) is 32.4 Å². The molecule has 3 atom stereocenters. The third-order valence-electron chi connectivity index (χ3n) is 3.74. The minimum atomic E-state index is 0.366. The summed E-state index contributed by atoms with van der Waals surface area (Å²) >= 11 is 0. The molecule has 0 amide bonds. The summed E-state index contributed by atoms with van der Waals surface area (Å²) in [7, 11) is 4.22. The second-order valence-corrected chi connectivity index (χ2v) is 4.97. The van der Waals surface area contributed by atoms with Crippen LogP contribution in [0.3, 0.4) is 0 Å². The Hall–Kier alpha value is -0.120. The Labute approximate surface area is 94.4 Å². The first-order valence-corrected chi connectivity index (χ1v) is 6.27. The van der Waals surface area contributed by atoms with Crippen LogP contribution in [-0.4, -0.2) is 44.7 Å². The van der Waals surface area contributed by atoms with Crippen molar-refractivity contribution in [2.24, 2.45) is 17.6 Å². The highest BCUT2D eigenvalue weighted by atomic mass is 15.1. The van der Waals surface area contributed by atoms with Gasteiger partial charge in [0.25, 0.3) is 0 Å². The van der Waals surface area contributed by atoms with Gasteiger partial charge in [0.1, 0.15) is 0 Å². The van der Waals surface area contributed by atoms with Crippen LogP contribution in [0.2, 0.25) is 0 Å². The number of nitrogens with one attached hydrogen (secondary N) is 1. The summed E-state index contributed by atoms with van der Waals surface area (Å²) in [5, 5.41) is 3.26. The maximum atomic E-state index is 6.38. The SMILES string of the molecule is CCC(CNC)C(N)C1CCCN(C)C1. The summed E-state index contributed by atoms with van der Waals surface area (Å²) in [4.78, 5) is 2.42. The molecule has 15 heavy (non-hydrogen) atoms. The van der Waals surface area contributed by atoms with E-state index in [0.717, 1.165) is 6.54 Å². The molecule has 1 heterocycles. The minimum absolute atomic E-state index is 0.366. The molecule has 3 heteroatoms. The third kappa shape index (κ3) is 3.74. The van der Waals surface area contributed by atoms with Crippen molar-refractivity contribution in [1.82, 2.24) is 10.2 Å². The zero-order chi connectivity index (χ0) is 11.3. The van der Waals surface area contributed by atoms with Crippen molar-refractivity contribution < 1.29 is 0 Å². The molecular weight excluding hydrogens is 186 g/mol. The molecule has 1 aliphatic heterocycles. The quantitative estimate of drug-likeness (QED) is 0.713. The highest BCUT2D eigenvalue weighted by Gasteiger charge is 2.27. The lowest BCUT2D eigenvalue weighted by Gasteiger charge is -2.36. The van der Waals surface area contributed by atoms with Crippen LogP contribution in [0.5, 0.6) is 0 Å². The van der Waals surface area contributed by atoms with Crippen LogP contribution in [0, 0.1) is 11.8 Å². The Kier molecular flexibility index (Phi) is 5.58. The Balaban J connectivity index is 2.45. The fourth-order valence-electron chi connectivity index (χ4n) is 2.72.